The summed E-state index contributed by atoms with van der Waals surface area (Å²) in [7, 11) is 1.61. The molecular weight excluding hydrogens is 270 g/mol. The second-order valence-corrected chi connectivity index (χ2v) is 5.46. The van der Waals surface area contributed by atoms with Crippen LogP contribution < -0.4 is 5.32 Å². The number of carbonyl (C=O) groups is 2. The molecule has 0 saturated heterocycles. The van der Waals surface area contributed by atoms with Crippen LogP contribution in [0.5, 0.6) is 0 Å². The third-order valence-corrected chi connectivity index (χ3v) is 3.76. The lowest BCUT2D eigenvalue weighted by molar-refractivity contribution is -0.131. The number of hydrogen-bond acceptors (Lipinski definition) is 3. The summed E-state index contributed by atoms with van der Waals surface area (Å²) in [5.74, 6) is 0.190. The Kier molecular flexibility index (Phi) is 5.38. The molecule has 1 aromatic heterocycles. The fourth-order valence-corrected chi connectivity index (χ4v) is 2.67. The average molecular weight is 293 g/mol. The van der Waals surface area contributed by atoms with Crippen LogP contribution >= 0.6 is 0 Å². The van der Waals surface area contributed by atoms with Gasteiger partial charge in [-0.2, -0.15) is 0 Å². The van der Waals surface area contributed by atoms with E-state index in [4.69, 9.17) is 4.74 Å². The van der Waals surface area contributed by atoms with Crippen LogP contribution in [0.2, 0.25) is 0 Å². The van der Waals surface area contributed by atoms with Crippen LogP contribution in [0.25, 0.3) is 0 Å². The molecule has 1 aliphatic rings. The number of methoxy groups -OCH3 is 1. The van der Waals surface area contributed by atoms with E-state index in [1.54, 1.807) is 14.0 Å². The van der Waals surface area contributed by atoms with Crippen molar-refractivity contribution in [2.75, 3.05) is 26.8 Å². The van der Waals surface area contributed by atoms with Crippen LogP contribution in [0.15, 0.2) is 18.3 Å². The first-order chi connectivity index (χ1) is 10.1. The number of aromatic nitrogens is 1. The number of rotatable bonds is 5. The topological polar surface area (TPSA) is 63.6 Å². The zero-order chi connectivity index (χ0) is 15.2. The van der Waals surface area contributed by atoms with Crippen molar-refractivity contribution in [3.63, 3.8) is 0 Å². The number of fused-ring (bicyclic) bond motifs is 1. The molecule has 21 heavy (non-hydrogen) atoms. The quantitative estimate of drug-likeness (QED) is 0.810. The predicted octanol–water partition coefficient (Wildman–Crippen LogP) is 0.619. The van der Waals surface area contributed by atoms with Gasteiger partial charge in [0.2, 0.25) is 11.8 Å². The number of amides is 2. The second-order valence-electron chi connectivity index (χ2n) is 5.46. The van der Waals surface area contributed by atoms with Crippen molar-refractivity contribution in [3.05, 3.63) is 24.0 Å². The Morgan fingerprint density at radius 2 is 2.24 bits per heavy atom. The molecule has 1 aliphatic heterocycles. The van der Waals surface area contributed by atoms with Gasteiger partial charge >= 0.3 is 0 Å². The van der Waals surface area contributed by atoms with E-state index in [0.29, 0.717) is 32.7 Å². The van der Waals surface area contributed by atoms with E-state index in [1.165, 1.54) is 0 Å². The van der Waals surface area contributed by atoms with E-state index >= 15 is 0 Å². The van der Waals surface area contributed by atoms with Gasteiger partial charge in [-0.15, -0.1) is 0 Å². The molecule has 2 heterocycles. The van der Waals surface area contributed by atoms with Crippen molar-refractivity contribution in [1.29, 1.82) is 0 Å². The van der Waals surface area contributed by atoms with Crippen LogP contribution in [0.3, 0.4) is 0 Å². The maximum absolute atomic E-state index is 11.9. The summed E-state index contributed by atoms with van der Waals surface area (Å²) in [6.07, 6.45) is 2.43. The average Bonchev–Trinajstić information content (AvgIpc) is 2.78. The highest BCUT2D eigenvalue weighted by atomic mass is 16.5. The van der Waals surface area contributed by atoms with Gasteiger partial charge in [0.05, 0.1) is 13.2 Å². The Morgan fingerprint density at radius 3 is 2.95 bits per heavy atom. The zero-order valence-electron chi connectivity index (χ0n) is 12.7. The fraction of sp³-hybridized carbons (Fsp3) is 0.600. The van der Waals surface area contributed by atoms with Crippen molar-refractivity contribution in [3.8, 4) is 0 Å². The normalized spacial score (nSPS) is 18.0. The number of hydrogen-bond donors (Lipinski definition) is 1. The van der Waals surface area contributed by atoms with Crippen molar-refractivity contribution >= 4 is 11.8 Å². The molecule has 0 radical (unpaired) electrons. The largest absolute Gasteiger partial charge is 0.383 e. The minimum atomic E-state index is 0.0103. The highest BCUT2D eigenvalue weighted by molar-refractivity contribution is 5.76. The van der Waals surface area contributed by atoms with E-state index in [9.17, 15) is 9.59 Å². The Labute approximate surface area is 125 Å². The van der Waals surface area contributed by atoms with Gasteiger partial charge in [-0.3, -0.25) is 9.59 Å². The third-order valence-electron chi connectivity index (χ3n) is 3.76. The van der Waals surface area contributed by atoms with Crippen LogP contribution in [-0.2, 0) is 27.4 Å². The summed E-state index contributed by atoms with van der Waals surface area (Å²) in [6, 6.07) is 4.01. The Hall–Kier alpha value is -1.82. The summed E-state index contributed by atoms with van der Waals surface area (Å²) in [4.78, 5) is 25.5. The van der Waals surface area contributed by atoms with Gasteiger partial charge in [0.15, 0.2) is 0 Å². The van der Waals surface area contributed by atoms with Crippen LogP contribution in [0.4, 0.5) is 0 Å². The maximum Gasteiger partial charge on any atom is 0.220 e. The van der Waals surface area contributed by atoms with Gasteiger partial charge in [-0.25, -0.2) is 0 Å². The lowest BCUT2D eigenvalue weighted by Gasteiger charge is -2.22. The number of nitrogens with one attached hydrogen (secondary N) is 1. The molecule has 1 aromatic rings. The van der Waals surface area contributed by atoms with Gasteiger partial charge in [-0.05, 0) is 12.1 Å². The molecule has 0 fully saturated rings. The van der Waals surface area contributed by atoms with E-state index in [2.05, 4.69) is 9.88 Å². The SMILES string of the molecule is COCCNC(=O)C[C@@H]1CN(C(C)=O)Cc2cccn2C1. The Bertz CT molecular complexity index is 498. The standard InChI is InChI=1S/C15H23N3O3/c1-12(19)18-10-13(8-15(20)16-5-7-21-2)9-17-6-3-4-14(17)11-18/h3-4,6,13H,5,7-11H2,1-2H3,(H,16,20)/t13-/m0/s1. The van der Waals surface area contributed by atoms with Crippen LogP contribution in [-0.4, -0.2) is 48.1 Å². The molecule has 2 rings (SSSR count). The summed E-state index contributed by atoms with van der Waals surface area (Å²) in [5, 5.41) is 2.84. The molecule has 6 heteroatoms. The molecule has 1 N–H and O–H groups in total. The number of nitrogens with zero attached hydrogens (tertiary/aromatic N) is 2. The maximum atomic E-state index is 11.9. The molecule has 1 atom stereocenters. The van der Waals surface area contributed by atoms with Crippen LogP contribution in [0, 0.1) is 5.92 Å². The zero-order valence-corrected chi connectivity index (χ0v) is 12.7. The molecule has 2 amide bonds. The fourth-order valence-electron chi connectivity index (χ4n) is 2.67. The molecule has 0 spiro atoms. The minimum absolute atomic E-state index is 0.0103. The molecule has 0 aromatic carbocycles. The summed E-state index contributed by atoms with van der Waals surface area (Å²) in [5.41, 5.74) is 1.12. The summed E-state index contributed by atoms with van der Waals surface area (Å²) in [6.45, 7) is 4.61. The molecule has 6 nitrogen and oxygen atoms in total. The molecular formula is C15H23N3O3. The van der Waals surface area contributed by atoms with Crippen molar-refractivity contribution in [2.45, 2.75) is 26.4 Å². The first-order valence-corrected chi connectivity index (χ1v) is 7.25. The minimum Gasteiger partial charge on any atom is -0.383 e. The molecule has 0 bridgehead atoms. The highest BCUT2D eigenvalue weighted by Gasteiger charge is 2.24. The number of carbonyl (C=O) groups excluding carboxylic acids is 2. The van der Waals surface area contributed by atoms with Crippen molar-refractivity contribution in [1.82, 2.24) is 14.8 Å². The Morgan fingerprint density at radius 1 is 1.43 bits per heavy atom. The lowest BCUT2D eigenvalue weighted by atomic mass is 10.0. The van der Waals surface area contributed by atoms with Crippen molar-refractivity contribution < 1.29 is 14.3 Å². The lowest BCUT2D eigenvalue weighted by Crippen LogP contribution is -2.35. The van der Waals surface area contributed by atoms with Crippen LogP contribution in [0.1, 0.15) is 19.0 Å². The Balaban J connectivity index is 1.98. The van der Waals surface area contributed by atoms with Gasteiger partial charge in [0.1, 0.15) is 0 Å². The first-order valence-electron chi connectivity index (χ1n) is 7.25. The molecule has 116 valence electrons. The van der Waals surface area contributed by atoms with E-state index in [-0.39, 0.29) is 17.7 Å². The highest BCUT2D eigenvalue weighted by Crippen LogP contribution is 2.19. The smallest absolute Gasteiger partial charge is 0.220 e. The van der Waals surface area contributed by atoms with Gasteiger partial charge < -0.3 is 19.5 Å². The molecule has 0 unspecified atom stereocenters. The van der Waals surface area contributed by atoms with E-state index < -0.39 is 0 Å². The van der Waals surface area contributed by atoms with Gasteiger partial charge in [-0.1, -0.05) is 0 Å². The summed E-state index contributed by atoms with van der Waals surface area (Å²) < 4.78 is 7.05. The predicted molar refractivity (Wildman–Crippen MR) is 78.5 cm³/mol. The van der Waals surface area contributed by atoms with Gasteiger partial charge in [0.25, 0.3) is 0 Å². The van der Waals surface area contributed by atoms with Gasteiger partial charge in [0, 0.05) is 57.9 Å². The molecule has 0 aliphatic carbocycles. The van der Waals surface area contributed by atoms with E-state index in [1.807, 2.05) is 23.2 Å². The third kappa shape index (κ3) is 4.32. The van der Waals surface area contributed by atoms with E-state index in [0.717, 1.165) is 12.2 Å². The monoisotopic (exact) mass is 293 g/mol. The number of ether oxygens (including phenoxy) is 1. The van der Waals surface area contributed by atoms with Crippen molar-refractivity contribution in [2.24, 2.45) is 5.92 Å². The molecule has 0 saturated carbocycles. The first kappa shape index (κ1) is 15.6. The second kappa shape index (κ2) is 7.26. The summed E-state index contributed by atoms with van der Waals surface area (Å²) >= 11 is 0.